The molecule has 1 aliphatic heterocycles. The van der Waals surface area contributed by atoms with E-state index < -0.39 is 37.3 Å². The van der Waals surface area contributed by atoms with Crippen LogP contribution >= 0.6 is 0 Å². The summed E-state index contributed by atoms with van der Waals surface area (Å²) in [6.45, 7) is 10.7. The molecule has 43 heavy (non-hydrogen) atoms. The van der Waals surface area contributed by atoms with Crippen LogP contribution < -0.4 is 15.6 Å². The van der Waals surface area contributed by atoms with E-state index in [2.05, 4.69) is 35.5 Å². The van der Waals surface area contributed by atoms with Crippen LogP contribution in [0.4, 0.5) is 8.78 Å². The maximum absolute atomic E-state index is 15.3. The quantitative estimate of drug-likeness (QED) is 0.157. The van der Waals surface area contributed by atoms with E-state index in [0.717, 1.165) is 6.04 Å². The minimum Gasteiger partial charge on any atom is -0.497 e. The summed E-state index contributed by atoms with van der Waals surface area (Å²) in [4.78, 5) is 28.8. The maximum Gasteiger partial charge on any atom is 0.272 e. The summed E-state index contributed by atoms with van der Waals surface area (Å²) < 4.78 is 49.5. The summed E-state index contributed by atoms with van der Waals surface area (Å²) in [7, 11) is -1.34. The van der Waals surface area contributed by atoms with Gasteiger partial charge in [-0.15, -0.1) is 0 Å². The second-order valence-electron chi connectivity index (χ2n) is 12.3. The van der Waals surface area contributed by atoms with Gasteiger partial charge in [0.15, 0.2) is 17.4 Å². The second kappa shape index (κ2) is 13.2. The van der Waals surface area contributed by atoms with E-state index in [4.69, 9.17) is 14.2 Å². The lowest BCUT2D eigenvalue weighted by Gasteiger charge is -2.31. The highest BCUT2D eigenvalue weighted by Gasteiger charge is 2.28. The van der Waals surface area contributed by atoms with E-state index in [9.17, 15) is 14.7 Å². The van der Waals surface area contributed by atoms with Crippen molar-refractivity contribution in [3.63, 3.8) is 0 Å². The molecule has 0 bridgehead atoms. The second-order valence-corrected chi connectivity index (χ2v) is 17.9. The van der Waals surface area contributed by atoms with E-state index in [1.165, 1.54) is 37.5 Å². The van der Waals surface area contributed by atoms with Crippen molar-refractivity contribution in [2.45, 2.75) is 59.1 Å². The average molecular weight is 617 g/mol. The van der Waals surface area contributed by atoms with Gasteiger partial charge in [-0.2, -0.15) is 0 Å². The number of nitrogens with zero attached hydrogens (tertiary/aromatic N) is 2. The average Bonchev–Trinajstić information content (AvgIpc) is 3.32. The van der Waals surface area contributed by atoms with Crippen LogP contribution in [0.5, 0.6) is 11.5 Å². The number of nitrogens with one attached hydrogen (secondary N) is 2. The van der Waals surface area contributed by atoms with Crippen molar-refractivity contribution in [1.82, 2.24) is 20.4 Å². The smallest absolute Gasteiger partial charge is 0.272 e. The molecule has 3 heterocycles. The van der Waals surface area contributed by atoms with E-state index in [1.807, 2.05) is 13.0 Å². The molecule has 4 rings (SSSR count). The highest BCUT2D eigenvalue weighted by molar-refractivity contribution is 6.76. The summed E-state index contributed by atoms with van der Waals surface area (Å²) in [6, 6.07) is 4.68. The number of hydrogen-bond acceptors (Lipinski definition) is 7. The summed E-state index contributed by atoms with van der Waals surface area (Å²) in [5.41, 5.74) is 4.87. The van der Waals surface area contributed by atoms with E-state index in [0.29, 0.717) is 36.6 Å². The van der Waals surface area contributed by atoms with Gasteiger partial charge in [0.2, 0.25) is 5.91 Å². The predicted octanol–water partition coefficient (Wildman–Crippen LogP) is 5.05. The lowest BCUT2D eigenvalue weighted by molar-refractivity contribution is -0.119. The Hall–Kier alpha value is -3.81. The molecule has 1 aromatic carbocycles. The molecule has 1 atom stereocenters. The summed E-state index contributed by atoms with van der Waals surface area (Å²) in [6.07, 6.45) is 5.47. The Morgan fingerprint density at radius 3 is 2.53 bits per heavy atom. The monoisotopic (exact) mass is 616 g/mol. The number of benzene rings is 1. The highest BCUT2D eigenvalue weighted by Crippen LogP contribution is 2.36. The van der Waals surface area contributed by atoms with Crippen LogP contribution in [0.15, 0.2) is 42.4 Å². The van der Waals surface area contributed by atoms with Crippen LogP contribution in [-0.2, 0) is 27.4 Å². The lowest BCUT2D eigenvalue weighted by atomic mass is 9.86. The Labute approximate surface area is 250 Å². The lowest BCUT2D eigenvalue weighted by Crippen LogP contribution is -2.40. The van der Waals surface area contributed by atoms with Crippen molar-refractivity contribution in [3.05, 3.63) is 65.2 Å². The molecule has 2 aromatic heterocycles. The van der Waals surface area contributed by atoms with Gasteiger partial charge in [0, 0.05) is 45.8 Å². The number of halogens is 2. The number of allylic oxidation sites excluding steroid dienone is 2. The molecule has 2 amide bonds. The Morgan fingerprint density at radius 1 is 1.21 bits per heavy atom. The number of pyridine rings is 1. The van der Waals surface area contributed by atoms with Crippen LogP contribution in [0.2, 0.25) is 25.7 Å². The SMILES string of the molecule is CC(=O)NNC(=O)c1cn(COCC[Si](C)(C)C)c2nccc(Oc3c(F)cc(CC4=CCC(C)(CO)CO4)cc3F)c12. The normalized spacial score (nSPS) is 16.9. The number of fused-ring (bicyclic) bond motifs is 1. The molecule has 0 fully saturated rings. The number of aliphatic hydroxyl groups is 1. The number of ether oxygens (including phenoxy) is 3. The molecular weight excluding hydrogens is 578 g/mol. The molecule has 0 saturated heterocycles. The van der Waals surface area contributed by atoms with Gasteiger partial charge in [0.05, 0.1) is 29.9 Å². The Bertz CT molecular complexity index is 1510. The van der Waals surface area contributed by atoms with Gasteiger partial charge in [0.1, 0.15) is 18.1 Å². The minimum atomic E-state index is -1.34. The van der Waals surface area contributed by atoms with E-state index in [1.54, 1.807) is 4.57 Å². The van der Waals surface area contributed by atoms with Crippen LogP contribution in [0.3, 0.4) is 0 Å². The van der Waals surface area contributed by atoms with Crippen molar-refractivity contribution in [1.29, 1.82) is 0 Å². The molecule has 10 nitrogen and oxygen atoms in total. The maximum atomic E-state index is 15.3. The Kier molecular flexibility index (Phi) is 9.88. The highest BCUT2D eigenvalue weighted by atomic mass is 28.3. The first-order valence-corrected chi connectivity index (χ1v) is 17.7. The van der Waals surface area contributed by atoms with Crippen molar-refractivity contribution < 1.29 is 37.7 Å². The zero-order valence-electron chi connectivity index (χ0n) is 25.1. The van der Waals surface area contributed by atoms with Crippen molar-refractivity contribution in [2.75, 3.05) is 19.8 Å². The van der Waals surface area contributed by atoms with E-state index >= 15 is 8.78 Å². The number of aromatic nitrogens is 2. The molecule has 13 heteroatoms. The summed E-state index contributed by atoms with van der Waals surface area (Å²) >= 11 is 0. The molecule has 1 aliphatic rings. The standard InChI is InChI=1S/C30H38F2N4O6Si/c1-19(38)34-35-29(39)22-15-36(18-40-10-11-43(3,4)5)28-26(22)25(7-9-33-28)42-27-23(31)13-20(14-24(27)32)12-21-6-8-30(2,16-37)17-41-21/h6-7,9,13-15,37H,8,10-12,16-18H2,1-5H3,(H,34,38)(H,35,39). The fraction of sp³-hybridized carbons (Fsp3) is 0.433. The number of carbonyl (C=O) groups excluding carboxylic acids is 2. The summed E-state index contributed by atoms with van der Waals surface area (Å²) in [5, 5.41) is 9.71. The van der Waals surface area contributed by atoms with Crippen molar-refractivity contribution in [3.8, 4) is 11.5 Å². The first kappa shape index (κ1) is 32.1. The van der Waals surface area contributed by atoms with Gasteiger partial charge >= 0.3 is 0 Å². The number of aliphatic hydroxyl groups excluding tert-OH is 1. The first-order valence-electron chi connectivity index (χ1n) is 14.0. The number of hydrogen-bond donors (Lipinski definition) is 3. The molecule has 1 unspecified atom stereocenters. The van der Waals surface area contributed by atoms with Gasteiger partial charge in [-0.25, -0.2) is 13.8 Å². The van der Waals surface area contributed by atoms with Gasteiger partial charge in [-0.05, 0) is 42.3 Å². The number of hydrazine groups is 1. The topological polar surface area (TPSA) is 124 Å². The van der Waals surface area contributed by atoms with Crippen molar-refractivity contribution in [2.24, 2.45) is 5.41 Å². The summed E-state index contributed by atoms with van der Waals surface area (Å²) in [5.74, 6) is -3.11. The van der Waals surface area contributed by atoms with E-state index in [-0.39, 0.29) is 41.9 Å². The third-order valence-electron chi connectivity index (χ3n) is 7.00. The molecule has 232 valence electrons. The van der Waals surface area contributed by atoms with Crippen LogP contribution in [0, 0.1) is 17.0 Å². The Morgan fingerprint density at radius 2 is 1.93 bits per heavy atom. The molecule has 3 N–H and O–H groups in total. The molecule has 3 aromatic rings. The fourth-order valence-corrected chi connectivity index (χ4v) is 5.15. The van der Waals surface area contributed by atoms with Gasteiger partial charge in [-0.3, -0.25) is 20.4 Å². The fourth-order valence-electron chi connectivity index (χ4n) is 4.40. The molecule has 0 radical (unpaired) electrons. The van der Waals surface area contributed by atoms with Gasteiger partial charge < -0.3 is 23.9 Å². The molecular formula is C30H38F2N4O6Si. The van der Waals surface area contributed by atoms with Crippen molar-refractivity contribution >= 4 is 30.9 Å². The number of amides is 2. The Balaban J connectivity index is 1.62. The van der Waals surface area contributed by atoms with Crippen LogP contribution in [0.25, 0.3) is 11.0 Å². The largest absolute Gasteiger partial charge is 0.497 e. The van der Waals surface area contributed by atoms with Crippen LogP contribution in [0.1, 0.15) is 36.2 Å². The number of carbonyl (C=O) groups is 2. The first-order chi connectivity index (χ1) is 20.3. The molecule has 0 saturated carbocycles. The zero-order chi connectivity index (χ0) is 31.4. The van der Waals surface area contributed by atoms with Crippen LogP contribution in [-0.4, -0.2) is 54.4 Å². The molecule has 0 spiro atoms. The minimum absolute atomic E-state index is 0.00835. The third kappa shape index (κ3) is 8.18. The van der Waals surface area contributed by atoms with Gasteiger partial charge in [0.25, 0.3) is 5.91 Å². The zero-order valence-corrected chi connectivity index (χ0v) is 26.1. The predicted molar refractivity (Wildman–Crippen MR) is 159 cm³/mol. The third-order valence-corrected chi connectivity index (χ3v) is 8.71. The van der Waals surface area contributed by atoms with Gasteiger partial charge in [-0.1, -0.05) is 26.6 Å². The molecule has 0 aliphatic carbocycles. The number of rotatable bonds is 11.